The van der Waals surface area contributed by atoms with Crippen LogP contribution >= 0.6 is 0 Å². The maximum absolute atomic E-state index is 3.55. The van der Waals surface area contributed by atoms with Crippen molar-refractivity contribution in [2.75, 3.05) is 0 Å². The van der Waals surface area contributed by atoms with E-state index in [1.165, 1.54) is 5.56 Å². The van der Waals surface area contributed by atoms with Crippen LogP contribution in [0, 0.1) is 6.08 Å². The smallest absolute Gasteiger partial charge is 0 e. The van der Waals surface area contributed by atoms with Crippen molar-refractivity contribution < 1.29 is 51.3 Å². The Hall–Kier alpha value is 0.648. The summed E-state index contributed by atoms with van der Waals surface area (Å²) >= 11 is 0. The molecule has 0 saturated heterocycles. The predicted octanol–water partition coefficient (Wildman–Crippen LogP) is 3.63. The van der Waals surface area contributed by atoms with Crippen LogP contribution in [0.5, 0.6) is 0 Å². The first-order chi connectivity index (χ1) is 5.93. The summed E-state index contributed by atoms with van der Waals surface area (Å²) in [5.74, 6) is 0. The third-order valence-corrected chi connectivity index (χ3v) is 1.43. The fourth-order valence-electron chi connectivity index (χ4n) is 0.877. The first-order valence-electron chi connectivity index (χ1n) is 4.47. The van der Waals surface area contributed by atoms with E-state index < -0.39 is 0 Å². The molecule has 0 heterocycles. The molecule has 2 radical (unpaired) electrons. The predicted molar refractivity (Wildman–Crippen MR) is 55.0 cm³/mol. The van der Waals surface area contributed by atoms with E-state index in [2.05, 4.69) is 36.9 Å². The molecule has 1 aromatic carbocycles. The van der Waals surface area contributed by atoms with E-state index >= 15 is 0 Å². The molecular formula is C12H17VY-. The van der Waals surface area contributed by atoms with Crippen LogP contribution in [0.15, 0.2) is 36.9 Å². The van der Waals surface area contributed by atoms with Gasteiger partial charge in [0.1, 0.15) is 0 Å². The van der Waals surface area contributed by atoms with Gasteiger partial charge in [0.2, 0.25) is 0 Å². The Kier molecular flexibility index (Phi) is 23.1. The summed E-state index contributed by atoms with van der Waals surface area (Å²) in [7, 11) is 0. The third-order valence-electron chi connectivity index (χ3n) is 1.43. The normalized spacial score (nSPS) is 7.00. The van der Waals surface area contributed by atoms with E-state index in [0.29, 0.717) is 0 Å². The van der Waals surface area contributed by atoms with Crippen LogP contribution < -0.4 is 0 Å². The number of aryl methyl sites for hydroxylation is 1. The van der Waals surface area contributed by atoms with Gasteiger partial charge in [0.25, 0.3) is 0 Å². The second-order valence-electron chi connectivity index (χ2n) is 2.24. The van der Waals surface area contributed by atoms with Crippen molar-refractivity contribution in [3.05, 3.63) is 48.6 Å². The molecule has 0 nitrogen and oxygen atoms in total. The zero-order valence-corrected chi connectivity index (χ0v) is 13.3. The minimum Gasteiger partial charge on any atom is -0.504 e. The fourth-order valence-corrected chi connectivity index (χ4v) is 0.877. The standard InChI is InChI=1S/C10H11.C2H6.V.Y/c1-2-3-7-10-8-5-4-6-9-10;1-2;;/h4-6,8-9H,1,3,7H2;1-2H3;;/q-1;;;. The maximum atomic E-state index is 3.55. The van der Waals surface area contributed by atoms with E-state index in [9.17, 15) is 0 Å². The molecule has 0 aliphatic carbocycles. The van der Waals surface area contributed by atoms with Gasteiger partial charge >= 0.3 is 0 Å². The quantitative estimate of drug-likeness (QED) is 0.748. The maximum Gasteiger partial charge on any atom is 0 e. The van der Waals surface area contributed by atoms with Gasteiger partial charge in [0.05, 0.1) is 0 Å². The Balaban J connectivity index is -0.000000284. The van der Waals surface area contributed by atoms with E-state index in [0.717, 1.165) is 12.8 Å². The first-order valence-corrected chi connectivity index (χ1v) is 4.47. The van der Waals surface area contributed by atoms with Gasteiger partial charge in [-0.15, -0.1) is 0 Å². The average Bonchev–Trinajstić information content (AvgIpc) is 2.19. The molecule has 0 unspecified atom stereocenters. The molecule has 0 amide bonds. The number of benzene rings is 1. The topological polar surface area (TPSA) is 0 Å². The van der Waals surface area contributed by atoms with E-state index in [1.807, 2.05) is 19.9 Å². The van der Waals surface area contributed by atoms with Crippen molar-refractivity contribution in [1.82, 2.24) is 0 Å². The molecule has 0 saturated carbocycles. The van der Waals surface area contributed by atoms with Crippen LogP contribution in [-0.4, -0.2) is 0 Å². The zero-order chi connectivity index (χ0) is 9.23. The molecule has 0 aromatic heterocycles. The van der Waals surface area contributed by atoms with Crippen LogP contribution in [-0.2, 0) is 57.7 Å². The van der Waals surface area contributed by atoms with Crippen molar-refractivity contribution in [3.63, 3.8) is 0 Å². The second kappa shape index (κ2) is 16.1. The largest absolute Gasteiger partial charge is 0.504 e. The first kappa shape index (κ1) is 20.1. The molecule has 1 aromatic rings. The Bertz CT molecular complexity index is 197. The molecule has 0 N–H and O–H groups in total. The average molecular weight is 301 g/mol. The van der Waals surface area contributed by atoms with Crippen molar-refractivity contribution in [2.24, 2.45) is 0 Å². The Morgan fingerprint density at radius 2 is 1.64 bits per heavy atom. The summed E-state index contributed by atoms with van der Waals surface area (Å²) in [6, 6.07) is 10.4. The minimum atomic E-state index is 0. The molecule has 0 atom stereocenters. The summed E-state index contributed by atoms with van der Waals surface area (Å²) in [5, 5.41) is 0. The van der Waals surface area contributed by atoms with E-state index in [4.69, 9.17) is 0 Å². The number of allylic oxidation sites excluding steroid dienone is 1. The molecule has 0 bridgehead atoms. The van der Waals surface area contributed by atoms with E-state index in [-0.39, 0.29) is 51.3 Å². The molecule has 2 heteroatoms. The number of hydrogen-bond acceptors (Lipinski definition) is 0. The fraction of sp³-hybridized carbons (Fsp3) is 0.333. The van der Waals surface area contributed by atoms with E-state index in [1.54, 1.807) is 0 Å². The molecule has 14 heavy (non-hydrogen) atoms. The summed E-state index contributed by atoms with van der Waals surface area (Å²) in [6.45, 7) is 7.55. The SMILES string of the molecule is C=[C-]CCc1ccccc1.CC.[V].[Y]. The van der Waals surface area contributed by atoms with Gasteiger partial charge in [-0.2, -0.15) is 6.42 Å². The number of hydrogen-bond donors (Lipinski definition) is 0. The second-order valence-corrected chi connectivity index (χ2v) is 2.24. The van der Waals surface area contributed by atoms with Crippen molar-refractivity contribution >= 4 is 0 Å². The van der Waals surface area contributed by atoms with Crippen LogP contribution in [0.4, 0.5) is 0 Å². The van der Waals surface area contributed by atoms with Crippen LogP contribution in [0.1, 0.15) is 25.8 Å². The van der Waals surface area contributed by atoms with Crippen LogP contribution in [0.25, 0.3) is 0 Å². The minimum absolute atomic E-state index is 0. The van der Waals surface area contributed by atoms with Crippen LogP contribution in [0.2, 0.25) is 0 Å². The summed E-state index contributed by atoms with van der Waals surface area (Å²) in [5.41, 5.74) is 1.36. The molecule has 0 spiro atoms. The Morgan fingerprint density at radius 3 is 2.07 bits per heavy atom. The van der Waals surface area contributed by atoms with Gasteiger partial charge in [0.15, 0.2) is 0 Å². The Labute approximate surface area is 125 Å². The third kappa shape index (κ3) is 10.7. The summed E-state index contributed by atoms with van der Waals surface area (Å²) in [6.07, 6.45) is 4.87. The monoisotopic (exact) mass is 301 g/mol. The van der Waals surface area contributed by atoms with Crippen molar-refractivity contribution in [2.45, 2.75) is 26.7 Å². The van der Waals surface area contributed by atoms with Gasteiger partial charge in [-0.25, -0.2) is 0 Å². The number of rotatable bonds is 3. The van der Waals surface area contributed by atoms with Gasteiger partial charge in [-0.1, -0.05) is 56.2 Å². The zero-order valence-electron chi connectivity index (χ0n) is 9.03. The van der Waals surface area contributed by atoms with Gasteiger partial charge in [-0.05, 0) is 0 Å². The van der Waals surface area contributed by atoms with Gasteiger partial charge in [0, 0.05) is 51.3 Å². The molecule has 74 valence electrons. The molecule has 0 aliphatic heterocycles. The summed E-state index contributed by atoms with van der Waals surface area (Å²) < 4.78 is 0. The van der Waals surface area contributed by atoms with Gasteiger partial charge < -0.3 is 6.08 Å². The Morgan fingerprint density at radius 1 is 1.14 bits per heavy atom. The molecular weight excluding hydrogens is 284 g/mol. The van der Waals surface area contributed by atoms with Crippen molar-refractivity contribution in [3.8, 4) is 0 Å². The van der Waals surface area contributed by atoms with Gasteiger partial charge in [-0.3, -0.25) is 6.58 Å². The van der Waals surface area contributed by atoms with Crippen molar-refractivity contribution in [1.29, 1.82) is 0 Å². The molecule has 0 fully saturated rings. The molecule has 0 aliphatic rings. The van der Waals surface area contributed by atoms with Crippen LogP contribution in [0.3, 0.4) is 0 Å². The summed E-state index contributed by atoms with van der Waals surface area (Å²) in [4.78, 5) is 0. The molecule has 1 rings (SSSR count).